The van der Waals surface area contributed by atoms with E-state index in [1.807, 2.05) is 43.3 Å². The predicted molar refractivity (Wildman–Crippen MR) is 107 cm³/mol. The highest BCUT2D eigenvalue weighted by atomic mass is 16.5. The Morgan fingerprint density at radius 1 is 1.11 bits per heavy atom. The number of aliphatic hydroxyl groups is 2. The Labute approximate surface area is 164 Å². The van der Waals surface area contributed by atoms with Crippen LogP contribution in [0.15, 0.2) is 36.4 Å². The van der Waals surface area contributed by atoms with Gasteiger partial charge in [0.1, 0.15) is 5.75 Å². The van der Waals surface area contributed by atoms with Crippen LogP contribution in [0.2, 0.25) is 0 Å². The standard InChI is InChI=1S/C21H28N2O5/c1-14(15-4-5-17-11-18(28-3)7-6-16(17)10-15)20(27)22-9-8-19(26)23-21(2,12-24)13-25/h4-7,10-11,14,24-25H,8-9,12-13H2,1-3H3,(H,22,27)(H,23,26)/t14-/m0/s1. The molecule has 2 amide bonds. The molecule has 0 aliphatic rings. The maximum atomic E-state index is 12.4. The SMILES string of the molecule is COc1ccc2cc([C@H](C)C(=O)NCCC(=O)NC(C)(CO)CO)ccc2c1. The molecule has 2 aromatic rings. The highest BCUT2D eigenvalue weighted by molar-refractivity contribution is 5.88. The van der Waals surface area contributed by atoms with Gasteiger partial charge < -0.3 is 25.6 Å². The molecular weight excluding hydrogens is 360 g/mol. The van der Waals surface area contributed by atoms with E-state index < -0.39 is 5.54 Å². The molecular formula is C21H28N2O5. The first-order valence-electron chi connectivity index (χ1n) is 9.20. The van der Waals surface area contributed by atoms with E-state index in [4.69, 9.17) is 4.74 Å². The summed E-state index contributed by atoms with van der Waals surface area (Å²) in [5.74, 6) is -0.108. The van der Waals surface area contributed by atoms with Crippen molar-refractivity contribution >= 4 is 22.6 Å². The summed E-state index contributed by atoms with van der Waals surface area (Å²) >= 11 is 0. The topological polar surface area (TPSA) is 108 Å². The zero-order chi connectivity index (χ0) is 20.7. The van der Waals surface area contributed by atoms with Gasteiger partial charge in [0.05, 0.1) is 31.8 Å². The highest BCUT2D eigenvalue weighted by Gasteiger charge is 2.24. The van der Waals surface area contributed by atoms with E-state index in [1.54, 1.807) is 14.0 Å². The smallest absolute Gasteiger partial charge is 0.227 e. The molecule has 1 atom stereocenters. The Morgan fingerprint density at radius 3 is 2.39 bits per heavy atom. The summed E-state index contributed by atoms with van der Waals surface area (Å²) in [4.78, 5) is 24.3. The fourth-order valence-electron chi connectivity index (χ4n) is 2.77. The number of aliphatic hydroxyl groups excluding tert-OH is 2. The molecule has 0 saturated carbocycles. The summed E-state index contributed by atoms with van der Waals surface area (Å²) in [6.45, 7) is 2.79. The summed E-state index contributed by atoms with van der Waals surface area (Å²) < 4.78 is 5.22. The fraction of sp³-hybridized carbons (Fsp3) is 0.429. The molecule has 0 fully saturated rings. The summed E-state index contributed by atoms with van der Waals surface area (Å²) in [5, 5.41) is 25.8. The maximum Gasteiger partial charge on any atom is 0.227 e. The van der Waals surface area contributed by atoms with Crippen molar-refractivity contribution in [3.8, 4) is 5.75 Å². The van der Waals surface area contributed by atoms with Crippen LogP contribution in [0.1, 0.15) is 31.7 Å². The average molecular weight is 388 g/mol. The van der Waals surface area contributed by atoms with Gasteiger partial charge in [0.15, 0.2) is 0 Å². The molecule has 2 aromatic carbocycles. The van der Waals surface area contributed by atoms with E-state index in [0.717, 1.165) is 22.1 Å². The monoisotopic (exact) mass is 388 g/mol. The highest BCUT2D eigenvalue weighted by Crippen LogP contribution is 2.25. The van der Waals surface area contributed by atoms with Crippen molar-refractivity contribution in [2.75, 3.05) is 26.9 Å². The summed E-state index contributed by atoms with van der Waals surface area (Å²) in [5.41, 5.74) is -0.185. The van der Waals surface area contributed by atoms with E-state index >= 15 is 0 Å². The molecule has 7 heteroatoms. The molecule has 0 aliphatic carbocycles. The van der Waals surface area contributed by atoms with Crippen LogP contribution in [0.3, 0.4) is 0 Å². The Bertz CT molecular complexity index is 833. The third kappa shape index (κ3) is 5.43. The van der Waals surface area contributed by atoms with Crippen molar-refractivity contribution in [2.45, 2.75) is 31.7 Å². The molecule has 0 saturated heterocycles. The lowest BCUT2D eigenvalue weighted by atomic mass is 9.97. The van der Waals surface area contributed by atoms with Crippen LogP contribution in [-0.4, -0.2) is 54.4 Å². The second kappa shape index (κ2) is 9.52. The first-order chi connectivity index (χ1) is 13.3. The largest absolute Gasteiger partial charge is 0.497 e. The molecule has 0 unspecified atom stereocenters. The number of hydrogen-bond donors (Lipinski definition) is 4. The van der Waals surface area contributed by atoms with Crippen molar-refractivity contribution < 1.29 is 24.5 Å². The van der Waals surface area contributed by atoms with Crippen LogP contribution >= 0.6 is 0 Å². The molecule has 0 bridgehead atoms. The van der Waals surface area contributed by atoms with E-state index in [1.165, 1.54) is 0 Å². The molecule has 28 heavy (non-hydrogen) atoms. The van der Waals surface area contributed by atoms with Crippen molar-refractivity contribution in [1.82, 2.24) is 10.6 Å². The minimum atomic E-state index is -1.07. The van der Waals surface area contributed by atoms with Crippen LogP contribution in [-0.2, 0) is 9.59 Å². The van der Waals surface area contributed by atoms with Crippen LogP contribution in [0, 0.1) is 0 Å². The number of benzene rings is 2. The van der Waals surface area contributed by atoms with E-state index in [9.17, 15) is 19.8 Å². The number of hydrogen-bond acceptors (Lipinski definition) is 5. The summed E-state index contributed by atoms with van der Waals surface area (Å²) in [7, 11) is 1.62. The number of rotatable bonds is 9. The molecule has 2 rings (SSSR count). The molecule has 0 spiro atoms. The van der Waals surface area contributed by atoms with Crippen molar-refractivity contribution in [2.24, 2.45) is 0 Å². The number of carbonyl (C=O) groups is 2. The normalized spacial score (nSPS) is 12.5. The minimum Gasteiger partial charge on any atom is -0.497 e. The van der Waals surface area contributed by atoms with Gasteiger partial charge in [-0.2, -0.15) is 0 Å². The Kier molecular flexibility index (Phi) is 7.37. The maximum absolute atomic E-state index is 12.4. The van der Waals surface area contributed by atoms with Crippen LogP contribution in [0.5, 0.6) is 5.75 Å². The predicted octanol–water partition coefficient (Wildman–Crippen LogP) is 1.32. The van der Waals surface area contributed by atoms with Gasteiger partial charge in [0.25, 0.3) is 0 Å². The number of ether oxygens (including phenoxy) is 1. The number of methoxy groups -OCH3 is 1. The molecule has 0 aliphatic heterocycles. The van der Waals surface area contributed by atoms with E-state index in [-0.39, 0.29) is 43.9 Å². The van der Waals surface area contributed by atoms with Crippen LogP contribution < -0.4 is 15.4 Å². The number of nitrogens with one attached hydrogen (secondary N) is 2. The van der Waals surface area contributed by atoms with Crippen LogP contribution in [0.25, 0.3) is 10.8 Å². The van der Waals surface area contributed by atoms with Gasteiger partial charge in [-0.1, -0.05) is 24.3 Å². The van der Waals surface area contributed by atoms with Crippen LogP contribution in [0.4, 0.5) is 0 Å². The number of amides is 2. The minimum absolute atomic E-state index is 0.0611. The summed E-state index contributed by atoms with van der Waals surface area (Å²) in [6, 6.07) is 11.6. The Morgan fingerprint density at radius 2 is 1.75 bits per heavy atom. The molecule has 0 heterocycles. The third-order valence-corrected chi connectivity index (χ3v) is 4.76. The second-order valence-electron chi connectivity index (χ2n) is 7.16. The Balaban J connectivity index is 1.92. The van der Waals surface area contributed by atoms with Gasteiger partial charge in [0, 0.05) is 13.0 Å². The van der Waals surface area contributed by atoms with Gasteiger partial charge >= 0.3 is 0 Å². The van der Waals surface area contributed by atoms with Crippen molar-refractivity contribution in [3.05, 3.63) is 42.0 Å². The van der Waals surface area contributed by atoms with Gasteiger partial charge in [-0.15, -0.1) is 0 Å². The zero-order valence-corrected chi connectivity index (χ0v) is 16.5. The lowest BCUT2D eigenvalue weighted by Crippen LogP contribution is -2.52. The molecule has 0 radical (unpaired) electrons. The zero-order valence-electron chi connectivity index (χ0n) is 16.5. The fourth-order valence-corrected chi connectivity index (χ4v) is 2.77. The quantitative estimate of drug-likeness (QED) is 0.518. The van der Waals surface area contributed by atoms with Gasteiger partial charge in [-0.25, -0.2) is 0 Å². The van der Waals surface area contributed by atoms with Crippen molar-refractivity contribution in [3.63, 3.8) is 0 Å². The van der Waals surface area contributed by atoms with Gasteiger partial charge in [-0.05, 0) is 42.3 Å². The van der Waals surface area contributed by atoms with Gasteiger partial charge in [0.2, 0.25) is 11.8 Å². The van der Waals surface area contributed by atoms with E-state index in [2.05, 4.69) is 10.6 Å². The van der Waals surface area contributed by atoms with Crippen molar-refractivity contribution in [1.29, 1.82) is 0 Å². The first kappa shape index (κ1) is 21.7. The lowest BCUT2D eigenvalue weighted by Gasteiger charge is -2.26. The number of fused-ring (bicyclic) bond motifs is 1. The first-order valence-corrected chi connectivity index (χ1v) is 9.20. The molecule has 152 valence electrons. The lowest BCUT2D eigenvalue weighted by molar-refractivity contribution is -0.124. The van der Waals surface area contributed by atoms with E-state index in [0.29, 0.717) is 0 Å². The number of carbonyl (C=O) groups excluding carboxylic acids is 2. The molecule has 4 N–H and O–H groups in total. The average Bonchev–Trinajstić information content (AvgIpc) is 2.72. The molecule has 7 nitrogen and oxygen atoms in total. The second-order valence-corrected chi connectivity index (χ2v) is 7.16. The molecule has 0 aromatic heterocycles. The summed E-state index contributed by atoms with van der Waals surface area (Å²) in [6.07, 6.45) is 0.0611. The third-order valence-electron chi connectivity index (χ3n) is 4.76. The Hall–Kier alpha value is -2.64. The van der Waals surface area contributed by atoms with Gasteiger partial charge in [-0.3, -0.25) is 9.59 Å².